The zero-order valence-corrected chi connectivity index (χ0v) is 14.0. The van der Waals surface area contributed by atoms with Gasteiger partial charge in [0, 0.05) is 11.8 Å². The number of hydrogen-bond donors (Lipinski definition) is 1. The quantitative estimate of drug-likeness (QED) is 0.641. The molecule has 25 heavy (non-hydrogen) atoms. The summed E-state index contributed by atoms with van der Waals surface area (Å²) in [6.07, 6.45) is -5.48. The molecule has 6 nitrogen and oxygen atoms in total. The summed E-state index contributed by atoms with van der Waals surface area (Å²) in [5, 5.41) is 2.38. The molecule has 2 rings (SSSR count). The van der Waals surface area contributed by atoms with Crippen molar-refractivity contribution in [3.63, 3.8) is 0 Å². The molecule has 0 aliphatic heterocycles. The summed E-state index contributed by atoms with van der Waals surface area (Å²) >= 11 is 0.641. The lowest BCUT2D eigenvalue weighted by molar-refractivity contribution is -0.132. The minimum atomic E-state index is -4.36. The van der Waals surface area contributed by atoms with Crippen molar-refractivity contribution < 1.29 is 32.2 Å². The largest absolute Gasteiger partial charge is 0.493 e. The van der Waals surface area contributed by atoms with Crippen molar-refractivity contribution in [3.05, 3.63) is 34.7 Å². The van der Waals surface area contributed by atoms with Crippen molar-refractivity contribution >= 4 is 29.2 Å². The number of amides is 1. The monoisotopic (exact) mass is 374 g/mol. The van der Waals surface area contributed by atoms with E-state index in [4.69, 9.17) is 9.47 Å². The van der Waals surface area contributed by atoms with E-state index < -0.39 is 24.5 Å². The van der Waals surface area contributed by atoms with Crippen LogP contribution in [0, 0.1) is 0 Å². The summed E-state index contributed by atoms with van der Waals surface area (Å²) in [6.45, 7) is 1.16. The fourth-order valence-electron chi connectivity index (χ4n) is 1.94. The van der Waals surface area contributed by atoms with Crippen LogP contribution in [0.3, 0.4) is 0 Å². The number of para-hydroxylation sites is 1. The number of esters is 1. The first kappa shape index (κ1) is 18.7. The maximum absolute atomic E-state index is 12.4. The predicted molar refractivity (Wildman–Crippen MR) is 84.1 cm³/mol. The van der Waals surface area contributed by atoms with Gasteiger partial charge in [-0.15, -0.1) is 0 Å². The molecule has 0 saturated heterocycles. The van der Waals surface area contributed by atoms with Crippen LogP contribution in [-0.4, -0.2) is 29.5 Å². The normalized spacial score (nSPS) is 11.1. The Hall–Kier alpha value is -2.62. The molecule has 0 bridgehead atoms. The highest BCUT2D eigenvalue weighted by Crippen LogP contribution is 2.32. The lowest BCUT2D eigenvalue weighted by atomic mass is 10.1. The summed E-state index contributed by atoms with van der Waals surface area (Å²) in [5.74, 6) is -1.29. The standard InChI is InChI=1S/C15H13F3N2O4S/c1-8(21)24-13-10(4-3-5-11(13)23-2)14(22)19-12-6-9(25-20-12)7-15(16,17)18/h3-6H,7H2,1-2H3,(H,19,20,22). The van der Waals surface area contributed by atoms with Crippen LogP contribution in [-0.2, 0) is 11.2 Å². The first-order valence-corrected chi connectivity index (χ1v) is 7.66. The minimum Gasteiger partial charge on any atom is -0.493 e. The van der Waals surface area contributed by atoms with E-state index >= 15 is 0 Å². The zero-order valence-electron chi connectivity index (χ0n) is 13.1. The molecule has 0 aliphatic carbocycles. The molecule has 0 fully saturated rings. The summed E-state index contributed by atoms with van der Waals surface area (Å²) in [4.78, 5) is 23.6. The van der Waals surface area contributed by atoms with Gasteiger partial charge in [-0.1, -0.05) is 6.07 Å². The number of hydrogen-bond acceptors (Lipinski definition) is 6. The number of anilines is 1. The number of halogens is 3. The van der Waals surface area contributed by atoms with Crippen LogP contribution >= 0.6 is 11.5 Å². The van der Waals surface area contributed by atoms with Crippen molar-refractivity contribution in [2.75, 3.05) is 12.4 Å². The SMILES string of the molecule is COc1cccc(C(=O)Nc2cc(CC(F)(F)F)sn2)c1OC(C)=O. The number of carbonyl (C=O) groups excluding carboxylic acids is 2. The van der Waals surface area contributed by atoms with Crippen molar-refractivity contribution in [3.8, 4) is 11.5 Å². The predicted octanol–water partition coefficient (Wildman–Crippen LogP) is 3.43. The Morgan fingerprint density at radius 3 is 2.64 bits per heavy atom. The fourth-order valence-corrected chi connectivity index (χ4v) is 2.65. The third-order valence-electron chi connectivity index (χ3n) is 2.86. The molecule has 0 unspecified atom stereocenters. The Labute approximate surface area is 144 Å². The lowest BCUT2D eigenvalue weighted by Crippen LogP contribution is -2.15. The van der Waals surface area contributed by atoms with Crippen LogP contribution < -0.4 is 14.8 Å². The number of ether oxygens (including phenoxy) is 2. The Bertz CT molecular complexity index is 789. The van der Waals surface area contributed by atoms with E-state index in [9.17, 15) is 22.8 Å². The van der Waals surface area contributed by atoms with Crippen LogP contribution in [0.15, 0.2) is 24.3 Å². The maximum Gasteiger partial charge on any atom is 0.393 e. The Morgan fingerprint density at radius 1 is 1.32 bits per heavy atom. The first-order chi connectivity index (χ1) is 11.7. The lowest BCUT2D eigenvalue weighted by Gasteiger charge is -2.12. The van der Waals surface area contributed by atoms with Crippen molar-refractivity contribution in [1.29, 1.82) is 0 Å². The third kappa shape index (κ3) is 5.18. The topological polar surface area (TPSA) is 77.5 Å². The highest BCUT2D eigenvalue weighted by Gasteiger charge is 2.29. The maximum atomic E-state index is 12.4. The van der Waals surface area contributed by atoms with Crippen molar-refractivity contribution in [2.45, 2.75) is 19.5 Å². The number of nitrogens with one attached hydrogen (secondary N) is 1. The first-order valence-electron chi connectivity index (χ1n) is 6.88. The van der Waals surface area contributed by atoms with Gasteiger partial charge in [-0.25, -0.2) is 0 Å². The molecule has 1 aromatic carbocycles. The van der Waals surface area contributed by atoms with Gasteiger partial charge in [-0.05, 0) is 29.7 Å². The molecule has 1 heterocycles. The Balaban J connectivity index is 2.22. The molecule has 1 aromatic heterocycles. The average Bonchev–Trinajstić information content (AvgIpc) is 2.91. The smallest absolute Gasteiger partial charge is 0.393 e. The van der Waals surface area contributed by atoms with E-state index in [1.165, 1.54) is 25.3 Å². The van der Waals surface area contributed by atoms with Gasteiger partial charge < -0.3 is 14.8 Å². The second kappa shape index (κ2) is 7.51. The van der Waals surface area contributed by atoms with Gasteiger partial charge in [0.05, 0.1) is 19.1 Å². The van der Waals surface area contributed by atoms with Gasteiger partial charge >= 0.3 is 12.1 Å². The van der Waals surface area contributed by atoms with Crippen LogP contribution in [0.4, 0.5) is 19.0 Å². The van der Waals surface area contributed by atoms with Gasteiger partial charge in [0.25, 0.3) is 5.91 Å². The number of aromatic nitrogens is 1. The Morgan fingerprint density at radius 2 is 2.04 bits per heavy atom. The molecule has 2 aromatic rings. The highest BCUT2D eigenvalue weighted by atomic mass is 32.1. The van der Waals surface area contributed by atoms with Gasteiger partial charge in [0.2, 0.25) is 0 Å². The van der Waals surface area contributed by atoms with Crippen LogP contribution in [0.1, 0.15) is 22.2 Å². The number of alkyl halides is 3. The molecule has 134 valence electrons. The number of nitrogens with zero attached hydrogens (tertiary/aromatic N) is 1. The number of benzene rings is 1. The van der Waals surface area contributed by atoms with E-state index in [0.29, 0.717) is 11.5 Å². The van der Waals surface area contributed by atoms with Crippen LogP contribution in [0.2, 0.25) is 0 Å². The molecule has 0 saturated carbocycles. The molecule has 0 radical (unpaired) electrons. The van der Waals surface area contributed by atoms with E-state index in [0.717, 1.165) is 13.0 Å². The fraction of sp³-hybridized carbons (Fsp3) is 0.267. The number of methoxy groups -OCH3 is 1. The van der Waals surface area contributed by atoms with E-state index in [1.807, 2.05) is 0 Å². The molecular weight excluding hydrogens is 361 g/mol. The average molecular weight is 374 g/mol. The molecule has 10 heteroatoms. The number of carbonyl (C=O) groups is 2. The molecule has 1 N–H and O–H groups in total. The van der Waals surface area contributed by atoms with Crippen LogP contribution in [0.5, 0.6) is 11.5 Å². The van der Waals surface area contributed by atoms with Crippen molar-refractivity contribution in [2.24, 2.45) is 0 Å². The van der Waals surface area contributed by atoms with Gasteiger partial charge in [0.15, 0.2) is 11.5 Å². The second-order valence-corrected chi connectivity index (χ2v) is 5.74. The zero-order chi connectivity index (χ0) is 18.6. The van der Waals surface area contributed by atoms with Gasteiger partial charge in [-0.3, -0.25) is 9.59 Å². The highest BCUT2D eigenvalue weighted by molar-refractivity contribution is 7.06. The molecular formula is C15H13F3N2O4S. The molecule has 0 aliphatic rings. The third-order valence-corrected chi connectivity index (χ3v) is 3.65. The molecule has 0 atom stereocenters. The summed E-state index contributed by atoms with van der Waals surface area (Å²) in [5.41, 5.74) is -0.0140. The minimum absolute atomic E-state index is 0.0140. The van der Waals surface area contributed by atoms with Gasteiger partial charge in [-0.2, -0.15) is 17.5 Å². The molecule has 1 amide bonds. The number of rotatable bonds is 5. The Kier molecular flexibility index (Phi) is 5.62. The van der Waals surface area contributed by atoms with E-state index in [2.05, 4.69) is 9.69 Å². The summed E-state index contributed by atoms with van der Waals surface area (Å²) in [7, 11) is 1.34. The summed E-state index contributed by atoms with van der Waals surface area (Å²) in [6, 6.07) is 5.54. The summed E-state index contributed by atoms with van der Waals surface area (Å²) < 4.78 is 50.9. The molecule has 0 spiro atoms. The van der Waals surface area contributed by atoms with Crippen molar-refractivity contribution in [1.82, 2.24) is 4.37 Å². The van der Waals surface area contributed by atoms with E-state index in [-0.39, 0.29) is 27.8 Å². The van der Waals surface area contributed by atoms with Crippen LogP contribution in [0.25, 0.3) is 0 Å². The second-order valence-electron chi connectivity index (χ2n) is 4.86. The van der Waals surface area contributed by atoms with E-state index in [1.54, 1.807) is 0 Å². The van der Waals surface area contributed by atoms with Gasteiger partial charge in [0.1, 0.15) is 5.82 Å².